The van der Waals surface area contributed by atoms with Crippen molar-refractivity contribution in [1.29, 1.82) is 0 Å². The Hall–Kier alpha value is -3.25. The van der Waals surface area contributed by atoms with Crippen molar-refractivity contribution in [3.8, 4) is 11.3 Å². The van der Waals surface area contributed by atoms with Crippen LogP contribution in [0.5, 0.6) is 0 Å². The predicted molar refractivity (Wildman–Crippen MR) is 114 cm³/mol. The summed E-state index contributed by atoms with van der Waals surface area (Å²) in [5.41, 5.74) is 4.90. The summed E-state index contributed by atoms with van der Waals surface area (Å²) < 4.78 is 15.1. The molecule has 2 aromatic heterocycles. The van der Waals surface area contributed by atoms with E-state index in [1.54, 1.807) is 22.9 Å². The highest BCUT2D eigenvalue weighted by molar-refractivity contribution is 7.07. The number of aryl methyl sites for hydroxylation is 1. The second kappa shape index (κ2) is 7.78. The van der Waals surface area contributed by atoms with E-state index in [0.29, 0.717) is 6.54 Å². The van der Waals surface area contributed by atoms with Gasteiger partial charge in [0.15, 0.2) is 0 Å². The monoisotopic (exact) mass is 390 g/mol. The topological polar surface area (TPSA) is 45.4 Å². The van der Waals surface area contributed by atoms with Crippen LogP contribution in [0.4, 0.5) is 4.39 Å². The molecule has 2 aromatic carbocycles. The van der Waals surface area contributed by atoms with E-state index in [0.717, 1.165) is 38.2 Å². The van der Waals surface area contributed by atoms with Gasteiger partial charge < -0.3 is 4.98 Å². The molecule has 0 fully saturated rings. The van der Waals surface area contributed by atoms with Crippen molar-refractivity contribution in [2.75, 3.05) is 6.54 Å². The van der Waals surface area contributed by atoms with Gasteiger partial charge in [-0.2, -0.15) is 5.10 Å². The van der Waals surface area contributed by atoms with E-state index in [4.69, 9.17) is 5.10 Å². The lowest BCUT2D eigenvalue weighted by Crippen LogP contribution is -2.12. The van der Waals surface area contributed by atoms with Crippen LogP contribution in [0.15, 0.2) is 76.7 Å². The van der Waals surface area contributed by atoms with Gasteiger partial charge in [0.25, 0.3) is 0 Å². The van der Waals surface area contributed by atoms with Gasteiger partial charge >= 0.3 is 0 Å². The van der Waals surface area contributed by atoms with Crippen molar-refractivity contribution >= 4 is 28.5 Å². The second-order valence-electron chi connectivity index (χ2n) is 6.31. The van der Waals surface area contributed by atoms with E-state index < -0.39 is 0 Å². The summed E-state index contributed by atoms with van der Waals surface area (Å²) in [6, 6.07) is 14.5. The minimum atomic E-state index is -0.264. The van der Waals surface area contributed by atoms with Crippen LogP contribution in [-0.4, -0.2) is 22.4 Å². The van der Waals surface area contributed by atoms with Crippen molar-refractivity contribution in [1.82, 2.24) is 9.66 Å². The average molecular weight is 390 g/mol. The van der Waals surface area contributed by atoms with Gasteiger partial charge in [-0.15, -0.1) is 17.9 Å². The third kappa shape index (κ3) is 3.46. The van der Waals surface area contributed by atoms with Crippen molar-refractivity contribution in [3.05, 3.63) is 88.4 Å². The third-order valence-corrected chi connectivity index (χ3v) is 5.28. The standard InChI is InChI=1S/C22H19FN4S/c1-3-12-24-22-27(21(14-28-22)16-8-10-17(23)11-9-16)25-13-19-15(2)26-20-7-5-4-6-18(19)20/h3-11,13-14,26H,1,12H2,2H3. The highest BCUT2D eigenvalue weighted by atomic mass is 32.1. The molecular formula is C22H19FN4S. The predicted octanol–water partition coefficient (Wildman–Crippen LogP) is 5.11. The number of nitrogens with zero attached hydrogens (tertiary/aromatic N) is 3. The van der Waals surface area contributed by atoms with Crippen LogP contribution in [0.1, 0.15) is 11.3 Å². The Morgan fingerprint density at radius 3 is 2.75 bits per heavy atom. The lowest BCUT2D eigenvalue weighted by atomic mass is 10.1. The van der Waals surface area contributed by atoms with Gasteiger partial charge in [-0.1, -0.05) is 24.3 Å². The molecule has 4 nitrogen and oxygen atoms in total. The highest BCUT2D eigenvalue weighted by Gasteiger charge is 2.09. The molecule has 4 rings (SSSR count). The van der Waals surface area contributed by atoms with E-state index in [2.05, 4.69) is 22.6 Å². The van der Waals surface area contributed by atoms with Crippen LogP contribution in [-0.2, 0) is 0 Å². The number of para-hydroxylation sites is 1. The van der Waals surface area contributed by atoms with Gasteiger partial charge in [0.2, 0.25) is 4.80 Å². The molecule has 0 atom stereocenters. The molecule has 28 heavy (non-hydrogen) atoms. The number of rotatable bonds is 5. The number of fused-ring (bicyclic) bond motifs is 1. The highest BCUT2D eigenvalue weighted by Crippen LogP contribution is 2.22. The van der Waals surface area contributed by atoms with Gasteiger partial charge in [-0.05, 0) is 37.3 Å². The van der Waals surface area contributed by atoms with Crippen LogP contribution in [0.2, 0.25) is 0 Å². The molecule has 2 heterocycles. The molecule has 140 valence electrons. The molecule has 0 aliphatic heterocycles. The maximum absolute atomic E-state index is 13.3. The minimum absolute atomic E-state index is 0.264. The zero-order valence-corrected chi connectivity index (χ0v) is 16.2. The first-order chi connectivity index (χ1) is 13.7. The number of thiazole rings is 1. The Bertz CT molecular complexity index is 1230. The lowest BCUT2D eigenvalue weighted by molar-refractivity contribution is 0.628. The molecule has 0 unspecified atom stereocenters. The van der Waals surface area contributed by atoms with Crippen molar-refractivity contribution in [3.63, 3.8) is 0 Å². The Balaban J connectivity index is 1.84. The third-order valence-electron chi connectivity index (χ3n) is 4.43. The zero-order chi connectivity index (χ0) is 19.5. The summed E-state index contributed by atoms with van der Waals surface area (Å²) in [7, 11) is 0. The largest absolute Gasteiger partial charge is 0.358 e. The smallest absolute Gasteiger partial charge is 0.206 e. The van der Waals surface area contributed by atoms with Crippen LogP contribution in [0, 0.1) is 12.7 Å². The summed E-state index contributed by atoms with van der Waals surface area (Å²) in [5, 5.41) is 7.83. The van der Waals surface area contributed by atoms with Gasteiger partial charge in [-0.3, -0.25) is 4.99 Å². The van der Waals surface area contributed by atoms with Gasteiger partial charge in [0.05, 0.1) is 18.5 Å². The van der Waals surface area contributed by atoms with E-state index >= 15 is 0 Å². The Morgan fingerprint density at radius 2 is 1.96 bits per heavy atom. The molecule has 0 bridgehead atoms. The van der Waals surface area contributed by atoms with Crippen LogP contribution < -0.4 is 4.80 Å². The fourth-order valence-electron chi connectivity index (χ4n) is 3.06. The van der Waals surface area contributed by atoms with E-state index in [1.165, 1.54) is 23.5 Å². The molecule has 4 aromatic rings. The lowest BCUT2D eigenvalue weighted by Gasteiger charge is -2.03. The minimum Gasteiger partial charge on any atom is -0.358 e. The molecule has 0 radical (unpaired) electrons. The van der Waals surface area contributed by atoms with E-state index in [-0.39, 0.29) is 5.82 Å². The number of H-pyrrole nitrogens is 1. The van der Waals surface area contributed by atoms with Crippen molar-refractivity contribution in [2.45, 2.75) is 6.92 Å². The maximum atomic E-state index is 13.3. The van der Waals surface area contributed by atoms with Crippen molar-refractivity contribution < 1.29 is 4.39 Å². The van der Waals surface area contributed by atoms with Crippen molar-refractivity contribution in [2.24, 2.45) is 10.1 Å². The Labute approximate surface area is 166 Å². The summed E-state index contributed by atoms with van der Waals surface area (Å²) in [6.45, 7) is 6.27. The van der Waals surface area contributed by atoms with Gasteiger partial charge in [0, 0.05) is 33.1 Å². The summed E-state index contributed by atoms with van der Waals surface area (Å²) in [6.07, 6.45) is 3.59. The molecule has 6 heteroatoms. The number of benzene rings is 2. The van der Waals surface area contributed by atoms with Crippen LogP contribution >= 0.6 is 11.3 Å². The maximum Gasteiger partial charge on any atom is 0.206 e. The fraction of sp³-hybridized carbons (Fsp3) is 0.0909. The first kappa shape index (κ1) is 18.1. The van der Waals surface area contributed by atoms with Crippen LogP contribution in [0.25, 0.3) is 22.2 Å². The Morgan fingerprint density at radius 1 is 1.18 bits per heavy atom. The molecule has 0 saturated heterocycles. The molecule has 0 amide bonds. The first-order valence-electron chi connectivity index (χ1n) is 8.87. The molecule has 0 saturated carbocycles. The summed E-state index contributed by atoms with van der Waals surface area (Å²) >= 11 is 1.49. The van der Waals surface area contributed by atoms with E-state index in [1.807, 2.05) is 36.7 Å². The van der Waals surface area contributed by atoms with Gasteiger partial charge in [-0.25, -0.2) is 9.07 Å². The first-order valence-corrected chi connectivity index (χ1v) is 9.75. The number of aromatic amines is 1. The number of aromatic nitrogens is 2. The van der Waals surface area contributed by atoms with Crippen LogP contribution in [0.3, 0.4) is 0 Å². The number of hydrogen-bond donors (Lipinski definition) is 1. The normalized spacial score (nSPS) is 12.3. The Kier molecular flexibility index (Phi) is 5.04. The average Bonchev–Trinajstić information content (AvgIpc) is 3.25. The molecule has 0 spiro atoms. The fourth-order valence-corrected chi connectivity index (χ4v) is 3.91. The van der Waals surface area contributed by atoms with Gasteiger partial charge in [0.1, 0.15) is 5.82 Å². The molecule has 0 aliphatic carbocycles. The number of nitrogens with one attached hydrogen (secondary N) is 1. The second-order valence-corrected chi connectivity index (χ2v) is 7.14. The molecular weight excluding hydrogens is 371 g/mol. The summed E-state index contributed by atoms with van der Waals surface area (Å²) in [4.78, 5) is 8.68. The summed E-state index contributed by atoms with van der Waals surface area (Å²) in [5.74, 6) is -0.264. The molecule has 1 N–H and O–H groups in total. The number of hydrogen-bond acceptors (Lipinski definition) is 3. The molecule has 0 aliphatic rings. The number of halogens is 1. The van der Waals surface area contributed by atoms with E-state index in [9.17, 15) is 4.39 Å². The SMILES string of the molecule is C=CCN=c1scc(-c2ccc(F)cc2)n1N=Cc1c(C)[nH]c2ccccc12. The zero-order valence-electron chi connectivity index (χ0n) is 15.4. The quantitative estimate of drug-likeness (QED) is 0.363.